The van der Waals surface area contributed by atoms with E-state index in [1.807, 2.05) is 0 Å². The summed E-state index contributed by atoms with van der Waals surface area (Å²) >= 11 is 0. The molecule has 0 unspecified atom stereocenters. The minimum Gasteiger partial charge on any atom is -0.338 e. The van der Waals surface area contributed by atoms with Crippen LogP contribution >= 0.6 is 0 Å². The Labute approximate surface area is 161 Å². The summed E-state index contributed by atoms with van der Waals surface area (Å²) in [6.45, 7) is 2.68. The second-order valence-corrected chi connectivity index (χ2v) is 7.16. The maximum atomic E-state index is 13.8. The predicted molar refractivity (Wildman–Crippen MR) is 99.8 cm³/mol. The first kappa shape index (κ1) is 19.7. The van der Waals surface area contributed by atoms with Crippen molar-refractivity contribution in [3.63, 3.8) is 0 Å². The van der Waals surface area contributed by atoms with E-state index in [4.69, 9.17) is 5.26 Å². The number of nitriles is 1. The smallest absolute Gasteiger partial charge is 0.266 e. The van der Waals surface area contributed by atoms with E-state index >= 15 is 0 Å². The van der Waals surface area contributed by atoms with Crippen LogP contribution in [0, 0.1) is 35.8 Å². The van der Waals surface area contributed by atoms with Crippen LogP contribution in [0.5, 0.6) is 0 Å². The Balaban J connectivity index is 1.71. The zero-order chi connectivity index (χ0) is 20.3. The first-order valence-corrected chi connectivity index (χ1v) is 9.27. The second-order valence-electron chi connectivity index (χ2n) is 7.16. The molecule has 1 fully saturated rings. The standard InChI is InChI=1S/C21H21F2N3O2/c1-13-17(10-15(11-24)20(27)25-13)21(28)26-9-3-4-14(12-26)7-8-16-18(22)5-2-6-19(16)23/h2,5-6,10,14H,3-4,7-9,12H2,1H3,(H,25,27)/t14-/m0/s1. The highest BCUT2D eigenvalue weighted by atomic mass is 19.1. The number of aromatic nitrogens is 1. The van der Waals surface area contributed by atoms with Gasteiger partial charge in [0.25, 0.3) is 11.5 Å². The first-order chi connectivity index (χ1) is 13.4. The molecule has 1 N–H and O–H groups in total. The molecular weight excluding hydrogens is 364 g/mol. The quantitative estimate of drug-likeness (QED) is 0.877. The molecule has 1 atom stereocenters. The zero-order valence-corrected chi connectivity index (χ0v) is 15.6. The van der Waals surface area contributed by atoms with E-state index in [1.54, 1.807) is 17.9 Å². The van der Waals surface area contributed by atoms with Gasteiger partial charge in [-0.2, -0.15) is 5.26 Å². The van der Waals surface area contributed by atoms with Gasteiger partial charge in [0.05, 0.1) is 5.56 Å². The Morgan fingerprint density at radius 1 is 1.36 bits per heavy atom. The Hall–Kier alpha value is -3.01. The summed E-state index contributed by atoms with van der Waals surface area (Å²) in [4.78, 5) is 28.8. The lowest BCUT2D eigenvalue weighted by molar-refractivity contribution is 0.0666. The molecule has 1 aliphatic rings. The second kappa shape index (κ2) is 8.34. The number of aryl methyl sites for hydroxylation is 1. The van der Waals surface area contributed by atoms with Crippen LogP contribution in [0.4, 0.5) is 8.78 Å². The van der Waals surface area contributed by atoms with Gasteiger partial charge in [-0.05, 0) is 56.7 Å². The van der Waals surface area contributed by atoms with Crippen molar-refractivity contribution in [2.24, 2.45) is 5.92 Å². The molecule has 1 aliphatic heterocycles. The van der Waals surface area contributed by atoms with Crippen LogP contribution in [0.1, 0.15) is 46.4 Å². The number of aromatic amines is 1. The van der Waals surface area contributed by atoms with Crippen LogP contribution in [0.25, 0.3) is 0 Å². The Kier molecular flexibility index (Phi) is 5.88. The van der Waals surface area contributed by atoms with E-state index in [9.17, 15) is 18.4 Å². The van der Waals surface area contributed by atoms with Crippen molar-refractivity contribution in [1.29, 1.82) is 5.26 Å². The topological polar surface area (TPSA) is 77.0 Å². The summed E-state index contributed by atoms with van der Waals surface area (Å²) in [5, 5.41) is 9.03. The largest absolute Gasteiger partial charge is 0.338 e. The minimum atomic E-state index is -0.545. The van der Waals surface area contributed by atoms with E-state index in [0.29, 0.717) is 30.8 Å². The third kappa shape index (κ3) is 4.11. The summed E-state index contributed by atoms with van der Waals surface area (Å²) < 4.78 is 27.6. The van der Waals surface area contributed by atoms with Gasteiger partial charge in [-0.15, -0.1) is 0 Å². The number of nitrogens with one attached hydrogen (secondary N) is 1. The van der Waals surface area contributed by atoms with Crippen LogP contribution in [0.15, 0.2) is 29.1 Å². The molecule has 5 nitrogen and oxygen atoms in total. The normalized spacial score (nSPS) is 16.6. The molecule has 0 saturated carbocycles. The molecule has 1 saturated heterocycles. The molecule has 1 amide bonds. The molecule has 0 radical (unpaired) electrons. The Morgan fingerprint density at radius 3 is 2.75 bits per heavy atom. The zero-order valence-electron chi connectivity index (χ0n) is 15.6. The van der Waals surface area contributed by atoms with E-state index in [-0.39, 0.29) is 29.4 Å². The number of halogens is 2. The van der Waals surface area contributed by atoms with Gasteiger partial charge >= 0.3 is 0 Å². The Morgan fingerprint density at radius 2 is 2.07 bits per heavy atom. The molecular formula is C21H21F2N3O2. The summed E-state index contributed by atoms with van der Waals surface area (Å²) in [5.74, 6) is -1.20. The van der Waals surface area contributed by atoms with Gasteiger partial charge in [-0.1, -0.05) is 6.07 Å². The van der Waals surface area contributed by atoms with Crippen LogP contribution < -0.4 is 5.56 Å². The van der Waals surface area contributed by atoms with Crippen molar-refractivity contribution in [3.8, 4) is 6.07 Å². The molecule has 28 heavy (non-hydrogen) atoms. The van der Waals surface area contributed by atoms with Gasteiger partial charge in [0.2, 0.25) is 0 Å². The number of hydrogen-bond donors (Lipinski definition) is 1. The van der Waals surface area contributed by atoms with Gasteiger partial charge < -0.3 is 9.88 Å². The summed E-state index contributed by atoms with van der Waals surface area (Å²) in [6, 6.07) is 6.97. The molecule has 2 heterocycles. The average Bonchev–Trinajstić information content (AvgIpc) is 2.67. The van der Waals surface area contributed by atoms with E-state index in [0.717, 1.165) is 12.8 Å². The molecule has 146 valence electrons. The number of benzene rings is 1. The maximum absolute atomic E-state index is 13.8. The third-order valence-electron chi connectivity index (χ3n) is 5.26. The average molecular weight is 385 g/mol. The van der Waals surface area contributed by atoms with Crippen LogP contribution in [-0.2, 0) is 6.42 Å². The third-order valence-corrected chi connectivity index (χ3v) is 5.26. The number of piperidine rings is 1. The Bertz CT molecular complexity index is 974. The molecule has 0 bridgehead atoms. The SMILES string of the molecule is Cc1[nH]c(=O)c(C#N)cc1C(=O)N1CCC[C@@H](CCc2c(F)cccc2F)C1. The molecule has 1 aromatic carbocycles. The van der Waals surface area contributed by atoms with Gasteiger partial charge in [0.1, 0.15) is 23.3 Å². The molecule has 2 aromatic rings. The molecule has 7 heteroatoms. The van der Waals surface area contributed by atoms with Crippen molar-refractivity contribution >= 4 is 5.91 Å². The van der Waals surface area contributed by atoms with Crippen molar-refractivity contribution in [2.45, 2.75) is 32.6 Å². The fourth-order valence-corrected chi connectivity index (χ4v) is 3.70. The van der Waals surface area contributed by atoms with Crippen molar-refractivity contribution in [3.05, 3.63) is 68.6 Å². The number of carbonyl (C=O) groups is 1. The molecule has 1 aromatic heterocycles. The number of nitrogens with zero attached hydrogens (tertiary/aromatic N) is 2. The summed E-state index contributed by atoms with van der Waals surface area (Å²) in [5.41, 5.74) is 0.195. The predicted octanol–water partition coefficient (Wildman–Crippen LogP) is 3.32. The van der Waals surface area contributed by atoms with E-state index in [1.165, 1.54) is 24.3 Å². The lowest BCUT2D eigenvalue weighted by Gasteiger charge is -2.33. The first-order valence-electron chi connectivity index (χ1n) is 9.27. The van der Waals surface area contributed by atoms with E-state index < -0.39 is 17.2 Å². The number of carbonyl (C=O) groups excluding carboxylic acids is 1. The van der Waals surface area contributed by atoms with Gasteiger partial charge in [0.15, 0.2) is 0 Å². The number of hydrogen-bond acceptors (Lipinski definition) is 3. The minimum absolute atomic E-state index is 0.0843. The van der Waals surface area contributed by atoms with Gasteiger partial charge in [-0.25, -0.2) is 8.78 Å². The fourth-order valence-electron chi connectivity index (χ4n) is 3.70. The van der Waals surface area contributed by atoms with Gasteiger partial charge in [0, 0.05) is 24.3 Å². The van der Waals surface area contributed by atoms with Gasteiger partial charge in [-0.3, -0.25) is 9.59 Å². The van der Waals surface area contributed by atoms with Crippen molar-refractivity contribution < 1.29 is 13.6 Å². The van der Waals surface area contributed by atoms with Crippen LogP contribution in [-0.4, -0.2) is 28.9 Å². The monoisotopic (exact) mass is 385 g/mol. The fraction of sp³-hybridized carbons (Fsp3) is 0.381. The number of pyridine rings is 1. The van der Waals surface area contributed by atoms with Crippen molar-refractivity contribution in [1.82, 2.24) is 9.88 Å². The number of H-pyrrole nitrogens is 1. The molecule has 0 spiro atoms. The maximum Gasteiger partial charge on any atom is 0.266 e. The van der Waals surface area contributed by atoms with Crippen LogP contribution in [0.2, 0.25) is 0 Å². The highest BCUT2D eigenvalue weighted by molar-refractivity contribution is 5.95. The lowest BCUT2D eigenvalue weighted by atomic mass is 9.91. The van der Waals surface area contributed by atoms with E-state index in [2.05, 4.69) is 4.98 Å². The highest BCUT2D eigenvalue weighted by Crippen LogP contribution is 2.25. The van der Waals surface area contributed by atoms with Crippen LogP contribution in [0.3, 0.4) is 0 Å². The van der Waals surface area contributed by atoms with Crippen molar-refractivity contribution in [2.75, 3.05) is 13.1 Å². The lowest BCUT2D eigenvalue weighted by Crippen LogP contribution is -2.40. The summed E-state index contributed by atoms with van der Waals surface area (Å²) in [6.07, 6.45) is 2.54. The number of amides is 1. The highest BCUT2D eigenvalue weighted by Gasteiger charge is 2.26. The molecule has 0 aliphatic carbocycles. The molecule has 3 rings (SSSR count). The number of likely N-dealkylation sites (tertiary alicyclic amines) is 1. The summed E-state index contributed by atoms with van der Waals surface area (Å²) in [7, 11) is 0. The number of rotatable bonds is 4.